The van der Waals surface area contributed by atoms with E-state index >= 15 is 4.39 Å². The molecule has 3 heterocycles. The predicted molar refractivity (Wildman–Crippen MR) is 157 cm³/mol. The average Bonchev–Trinajstić information content (AvgIpc) is 3.58. The van der Waals surface area contributed by atoms with Crippen molar-refractivity contribution in [3.05, 3.63) is 102 Å². The number of nitrogens with zero attached hydrogens (tertiary/aromatic N) is 2. The molecule has 3 atom stereocenters. The summed E-state index contributed by atoms with van der Waals surface area (Å²) in [6.07, 6.45) is 3.43. The highest BCUT2D eigenvalue weighted by Gasteiger charge is 2.47. The highest BCUT2D eigenvalue weighted by molar-refractivity contribution is 5.97. The molecule has 11 heteroatoms. The molecule has 4 aromatic rings. The third-order valence-electron chi connectivity index (χ3n) is 7.61. The maximum atomic E-state index is 15.7. The van der Waals surface area contributed by atoms with Crippen LogP contribution in [-0.4, -0.2) is 65.2 Å². The maximum Gasteiger partial charge on any atom is 0.251 e. The van der Waals surface area contributed by atoms with Crippen molar-refractivity contribution in [3.8, 4) is 11.1 Å². The van der Waals surface area contributed by atoms with Gasteiger partial charge >= 0.3 is 0 Å². The highest BCUT2D eigenvalue weighted by atomic mass is 19.1. The van der Waals surface area contributed by atoms with E-state index in [1.165, 1.54) is 42.3 Å². The largest absolute Gasteiger partial charge is 0.381 e. The number of hydrogen-bond acceptors (Lipinski definition) is 5. The minimum atomic E-state index is -1.79. The SMILES string of the molecule is C=C(N[C@H](C)c1cc2cnccc2[nH]1)[C@@H]1C[C@](F)(COC)CN1C(=O)CNC(=O)c1ccc(-c2ccc(F)cc2F)cc1. The zero-order valence-corrected chi connectivity index (χ0v) is 23.8. The van der Waals surface area contributed by atoms with E-state index in [-0.39, 0.29) is 43.3 Å². The Labute approximate surface area is 246 Å². The normalized spacial score (nSPS) is 18.9. The van der Waals surface area contributed by atoms with Gasteiger partial charge in [-0.15, -0.1) is 0 Å². The summed E-state index contributed by atoms with van der Waals surface area (Å²) in [7, 11) is 1.40. The first-order valence-corrected chi connectivity index (χ1v) is 13.8. The number of nitrogens with one attached hydrogen (secondary N) is 3. The van der Waals surface area contributed by atoms with Crippen molar-refractivity contribution >= 4 is 22.7 Å². The number of methoxy groups -OCH3 is 1. The summed E-state index contributed by atoms with van der Waals surface area (Å²) < 4.78 is 48.2. The van der Waals surface area contributed by atoms with Gasteiger partial charge in [-0.2, -0.15) is 0 Å². The van der Waals surface area contributed by atoms with E-state index in [0.717, 1.165) is 28.7 Å². The first kappa shape index (κ1) is 29.8. The number of rotatable bonds is 10. The summed E-state index contributed by atoms with van der Waals surface area (Å²) in [4.78, 5) is 35.0. The lowest BCUT2D eigenvalue weighted by Crippen LogP contribution is -2.45. The molecule has 0 radical (unpaired) electrons. The molecule has 1 saturated heterocycles. The Hall–Kier alpha value is -4.64. The van der Waals surface area contributed by atoms with Crippen LogP contribution in [0, 0.1) is 11.6 Å². The second-order valence-electron chi connectivity index (χ2n) is 10.8. The van der Waals surface area contributed by atoms with Crippen LogP contribution in [0.3, 0.4) is 0 Å². The molecule has 0 saturated carbocycles. The molecule has 224 valence electrons. The van der Waals surface area contributed by atoms with Crippen LogP contribution >= 0.6 is 0 Å². The van der Waals surface area contributed by atoms with Crippen molar-refractivity contribution in [2.24, 2.45) is 0 Å². The van der Waals surface area contributed by atoms with Gasteiger partial charge < -0.3 is 25.3 Å². The molecule has 1 aliphatic rings. The molecule has 3 N–H and O–H groups in total. The standard InChI is InChI=1S/C32H32F3N5O3/c1-19(28-12-23-15-36-11-10-27(23)39-28)38-20(2)29-14-32(35,18-43-3)17-40(29)30(41)16-37-31(42)22-6-4-21(5-7-22)25-9-8-24(33)13-26(25)34/h4-13,15,19,29,38-39H,2,14,16-18H2,1,3H3,(H,37,42)/t19-,29+,32-/m1/s1. The molecular weight excluding hydrogens is 559 g/mol. The Morgan fingerprint density at radius 1 is 1.19 bits per heavy atom. The predicted octanol–water partition coefficient (Wildman–Crippen LogP) is 5.06. The number of likely N-dealkylation sites (tertiary alicyclic amines) is 1. The number of amides is 2. The van der Waals surface area contributed by atoms with E-state index in [2.05, 4.69) is 27.2 Å². The van der Waals surface area contributed by atoms with E-state index in [0.29, 0.717) is 11.3 Å². The van der Waals surface area contributed by atoms with Gasteiger partial charge in [-0.25, -0.2) is 13.2 Å². The number of fused-ring (bicyclic) bond motifs is 1. The molecule has 0 unspecified atom stereocenters. The zero-order chi connectivity index (χ0) is 30.7. The molecule has 2 amide bonds. The van der Waals surface area contributed by atoms with Crippen LogP contribution in [0.15, 0.2) is 79.3 Å². The fourth-order valence-corrected chi connectivity index (χ4v) is 5.44. The van der Waals surface area contributed by atoms with E-state index in [1.54, 1.807) is 12.4 Å². The van der Waals surface area contributed by atoms with Crippen molar-refractivity contribution in [2.75, 3.05) is 26.8 Å². The third-order valence-corrected chi connectivity index (χ3v) is 7.61. The maximum absolute atomic E-state index is 15.7. The number of benzene rings is 2. The van der Waals surface area contributed by atoms with Gasteiger partial charge in [0.1, 0.15) is 11.6 Å². The number of hydrogen-bond donors (Lipinski definition) is 3. The lowest BCUT2D eigenvalue weighted by Gasteiger charge is -2.28. The number of aromatic nitrogens is 2. The Bertz CT molecular complexity index is 1620. The second-order valence-corrected chi connectivity index (χ2v) is 10.8. The number of ether oxygens (including phenoxy) is 1. The van der Waals surface area contributed by atoms with E-state index < -0.39 is 35.2 Å². The molecule has 0 bridgehead atoms. The molecule has 0 spiro atoms. The van der Waals surface area contributed by atoms with Crippen LogP contribution in [-0.2, 0) is 9.53 Å². The van der Waals surface area contributed by atoms with Gasteiger partial charge in [0.15, 0.2) is 5.67 Å². The highest BCUT2D eigenvalue weighted by Crippen LogP contribution is 2.34. The van der Waals surface area contributed by atoms with E-state index in [4.69, 9.17) is 4.74 Å². The van der Waals surface area contributed by atoms with E-state index in [1.807, 2.05) is 19.1 Å². The molecule has 43 heavy (non-hydrogen) atoms. The van der Waals surface area contributed by atoms with Crippen LogP contribution in [0.25, 0.3) is 22.0 Å². The number of H-pyrrole nitrogens is 1. The van der Waals surface area contributed by atoms with Crippen molar-refractivity contribution in [2.45, 2.75) is 31.1 Å². The lowest BCUT2D eigenvalue weighted by molar-refractivity contribution is -0.131. The van der Waals surface area contributed by atoms with Gasteiger partial charge in [-0.05, 0) is 48.9 Å². The monoisotopic (exact) mass is 591 g/mol. The van der Waals surface area contributed by atoms with Crippen LogP contribution < -0.4 is 10.6 Å². The van der Waals surface area contributed by atoms with Gasteiger partial charge in [-0.1, -0.05) is 18.7 Å². The van der Waals surface area contributed by atoms with Crippen LogP contribution in [0.2, 0.25) is 0 Å². The van der Waals surface area contributed by atoms with Gasteiger partial charge in [-0.3, -0.25) is 14.6 Å². The quantitative estimate of drug-likeness (QED) is 0.240. The summed E-state index contributed by atoms with van der Waals surface area (Å²) in [5.41, 5.74) is 1.38. The first-order valence-electron chi connectivity index (χ1n) is 13.8. The van der Waals surface area contributed by atoms with Crippen LogP contribution in [0.5, 0.6) is 0 Å². The molecule has 5 rings (SSSR count). The van der Waals surface area contributed by atoms with Gasteiger partial charge in [0.2, 0.25) is 5.91 Å². The summed E-state index contributed by atoms with van der Waals surface area (Å²) in [5.74, 6) is -2.41. The number of pyridine rings is 1. The molecule has 1 aliphatic heterocycles. The Morgan fingerprint density at radius 2 is 1.95 bits per heavy atom. The molecule has 0 aliphatic carbocycles. The van der Waals surface area contributed by atoms with E-state index in [9.17, 15) is 18.4 Å². The molecular formula is C32H32F3N5O3. The van der Waals surface area contributed by atoms with Gasteiger partial charge in [0.05, 0.1) is 31.8 Å². The average molecular weight is 592 g/mol. The zero-order valence-electron chi connectivity index (χ0n) is 23.8. The Balaban J connectivity index is 1.24. The van der Waals surface area contributed by atoms with Crippen molar-refractivity contribution < 1.29 is 27.5 Å². The summed E-state index contributed by atoms with van der Waals surface area (Å²) in [6.45, 7) is 5.27. The minimum Gasteiger partial charge on any atom is -0.381 e. The first-order chi connectivity index (χ1) is 20.6. The third kappa shape index (κ3) is 6.56. The number of aromatic amines is 1. The van der Waals surface area contributed by atoms with Crippen molar-refractivity contribution in [1.82, 2.24) is 25.5 Å². The molecule has 2 aromatic carbocycles. The fourth-order valence-electron chi connectivity index (χ4n) is 5.44. The fraction of sp³-hybridized carbons (Fsp3) is 0.281. The smallest absolute Gasteiger partial charge is 0.251 e. The number of alkyl halides is 1. The van der Waals surface area contributed by atoms with Crippen LogP contribution in [0.1, 0.15) is 35.4 Å². The molecule has 1 fully saturated rings. The second kappa shape index (κ2) is 12.3. The lowest BCUT2D eigenvalue weighted by atomic mass is 10.0. The number of carbonyl (C=O) groups is 2. The van der Waals surface area contributed by atoms with Gasteiger partial charge in [0.25, 0.3) is 5.91 Å². The number of carbonyl (C=O) groups excluding carboxylic acids is 2. The Morgan fingerprint density at radius 3 is 2.65 bits per heavy atom. The minimum absolute atomic E-state index is 0.0168. The summed E-state index contributed by atoms with van der Waals surface area (Å²) in [5, 5.41) is 6.83. The van der Waals surface area contributed by atoms with Crippen LogP contribution in [0.4, 0.5) is 13.2 Å². The Kier molecular flexibility index (Phi) is 8.54. The summed E-state index contributed by atoms with van der Waals surface area (Å²) in [6, 6.07) is 12.2. The topological polar surface area (TPSA) is 99.3 Å². The molecule has 2 aromatic heterocycles. The van der Waals surface area contributed by atoms with Gasteiger partial charge in [0, 0.05) is 65.4 Å². The molecule has 8 nitrogen and oxygen atoms in total. The summed E-state index contributed by atoms with van der Waals surface area (Å²) >= 11 is 0. The number of halogens is 3. The van der Waals surface area contributed by atoms with Crippen molar-refractivity contribution in [1.29, 1.82) is 0 Å². The van der Waals surface area contributed by atoms with Crippen molar-refractivity contribution in [3.63, 3.8) is 0 Å².